The van der Waals surface area contributed by atoms with Gasteiger partial charge in [0, 0.05) is 31.6 Å². The first kappa shape index (κ1) is 17.5. The highest BCUT2D eigenvalue weighted by Crippen LogP contribution is 2.28. The van der Waals surface area contributed by atoms with Gasteiger partial charge < -0.3 is 16.0 Å². The summed E-state index contributed by atoms with van der Waals surface area (Å²) < 4.78 is 0. The van der Waals surface area contributed by atoms with Crippen LogP contribution in [0.1, 0.15) is 33.6 Å². The zero-order valence-corrected chi connectivity index (χ0v) is 14.0. The zero-order valence-electron chi connectivity index (χ0n) is 11.7. The molecule has 106 valence electrons. The topological polar surface area (TPSA) is 65.5 Å². The van der Waals surface area contributed by atoms with E-state index in [-0.39, 0.29) is 41.3 Å². The smallest absolute Gasteiger partial charge is 0.223 e. The highest BCUT2D eigenvalue weighted by Gasteiger charge is 2.28. The number of nitrogens with zero attached hydrogens (tertiary/aromatic N) is 1. The summed E-state index contributed by atoms with van der Waals surface area (Å²) in [5, 5.41) is 9.32. The molecule has 0 aromatic rings. The number of hydrogen-bond acceptors (Lipinski definition) is 2. The van der Waals surface area contributed by atoms with Gasteiger partial charge in [0.25, 0.3) is 0 Å². The van der Waals surface area contributed by atoms with Gasteiger partial charge in [-0.25, -0.2) is 0 Å². The van der Waals surface area contributed by atoms with Crippen molar-refractivity contribution in [2.75, 3.05) is 20.1 Å². The number of carbonyl (C=O) groups excluding carboxylic acids is 1. The van der Waals surface area contributed by atoms with Crippen LogP contribution < -0.4 is 16.0 Å². The summed E-state index contributed by atoms with van der Waals surface area (Å²) in [4.78, 5) is 15.5. The van der Waals surface area contributed by atoms with Crippen molar-refractivity contribution in [3.63, 3.8) is 0 Å². The van der Waals surface area contributed by atoms with Gasteiger partial charge in [0.1, 0.15) is 0 Å². The van der Waals surface area contributed by atoms with Crippen LogP contribution in [0.5, 0.6) is 0 Å². The largest absolute Gasteiger partial charge is 0.355 e. The first-order chi connectivity index (χ1) is 7.92. The third-order valence-electron chi connectivity index (χ3n) is 2.38. The van der Waals surface area contributed by atoms with E-state index in [4.69, 9.17) is 0 Å². The minimum atomic E-state index is -0.0148. The molecule has 18 heavy (non-hydrogen) atoms. The number of guanidine groups is 1. The van der Waals surface area contributed by atoms with Crippen molar-refractivity contribution in [1.82, 2.24) is 16.0 Å². The molecule has 1 rings (SSSR count). The van der Waals surface area contributed by atoms with E-state index in [1.54, 1.807) is 7.05 Å². The lowest BCUT2D eigenvalue weighted by molar-refractivity contribution is -0.122. The van der Waals surface area contributed by atoms with Gasteiger partial charge in [0.15, 0.2) is 5.96 Å². The first-order valence-corrected chi connectivity index (χ1v) is 6.19. The van der Waals surface area contributed by atoms with Crippen molar-refractivity contribution in [2.45, 2.75) is 39.2 Å². The molecule has 0 bridgehead atoms. The lowest BCUT2D eigenvalue weighted by atomic mass is 10.1. The fraction of sp³-hybridized carbons (Fsp3) is 0.833. The zero-order chi connectivity index (χ0) is 12.9. The van der Waals surface area contributed by atoms with Crippen LogP contribution in [0, 0.1) is 5.92 Å². The van der Waals surface area contributed by atoms with Gasteiger partial charge in [-0.05, 0) is 33.6 Å². The molecule has 5 nitrogen and oxygen atoms in total. The molecule has 0 unspecified atom stereocenters. The fourth-order valence-electron chi connectivity index (χ4n) is 1.39. The van der Waals surface area contributed by atoms with Gasteiger partial charge in [0.05, 0.1) is 0 Å². The summed E-state index contributed by atoms with van der Waals surface area (Å²) in [5.74, 6) is 1.23. The van der Waals surface area contributed by atoms with E-state index in [9.17, 15) is 4.79 Å². The molecule has 0 aromatic carbocycles. The number of aliphatic imine (C=N–C) groups is 1. The number of halogens is 1. The first-order valence-electron chi connectivity index (χ1n) is 6.19. The maximum absolute atomic E-state index is 11.4. The van der Waals surface area contributed by atoms with Crippen LogP contribution in [0.15, 0.2) is 4.99 Å². The van der Waals surface area contributed by atoms with Crippen molar-refractivity contribution in [1.29, 1.82) is 0 Å². The molecular weight excluding hydrogens is 343 g/mol. The Bertz CT molecular complexity index is 295. The number of amides is 1. The summed E-state index contributed by atoms with van der Waals surface area (Å²) >= 11 is 0. The maximum atomic E-state index is 11.4. The number of rotatable bonds is 4. The summed E-state index contributed by atoms with van der Waals surface area (Å²) in [6.07, 6.45) is 2.10. The summed E-state index contributed by atoms with van der Waals surface area (Å²) in [5.41, 5.74) is -0.0148. The monoisotopic (exact) mass is 368 g/mol. The molecule has 6 heteroatoms. The molecule has 3 N–H and O–H groups in total. The number of carbonyl (C=O) groups is 1. The van der Waals surface area contributed by atoms with Crippen molar-refractivity contribution < 1.29 is 4.79 Å². The predicted molar refractivity (Wildman–Crippen MR) is 85.4 cm³/mol. The Morgan fingerprint density at radius 3 is 2.22 bits per heavy atom. The second-order valence-electron chi connectivity index (χ2n) is 5.44. The fourth-order valence-corrected chi connectivity index (χ4v) is 1.39. The standard InChI is InChI=1S/C12H24N4O.HI/c1-12(2,3)16-11(13-4)15-8-7-14-10(17)9-5-6-9;/h9H,5-8H2,1-4H3,(H,14,17)(H2,13,15,16);1H. The van der Waals surface area contributed by atoms with Gasteiger partial charge >= 0.3 is 0 Å². The Balaban J connectivity index is 0.00000289. The van der Waals surface area contributed by atoms with Crippen molar-refractivity contribution in [2.24, 2.45) is 10.9 Å². The van der Waals surface area contributed by atoms with Crippen LogP contribution in [0.25, 0.3) is 0 Å². The molecule has 1 aliphatic carbocycles. The average Bonchev–Trinajstić information content (AvgIpc) is 3.04. The van der Waals surface area contributed by atoms with Gasteiger partial charge in [-0.2, -0.15) is 0 Å². The quantitative estimate of drug-likeness (QED) is 0.301. The summed E-state index contributed by atoms with van der Waals surface area (Å²) in [6, 6.07) is 0. The molecule has 1 fully saturated rings. The second kappa shape index (κ2) is 7.81. The van der Waals surface area contributed by atoms with Crippen LogP contribution >= 0.6 is 24.0 Å². The van der Waals surface area contributed by atoms with Crippen LogP contribution in [-0.4, -0.2) is 37.5 Å². The average molecular weight is 368 g/mol. The minimum absolute atomic E-state index is 0. The normalized spacial score (nSPS) is 15.7. The molecule has 0 heterocycles. The van der Waals surface area contributed by atoms with E-state index >= 15 is 0 Å². The molecule has 0 atom stereocenters. The lowest BCUT2D eigenvalue weighted by Gasteiger charge is -2.23. The molecule has 1 saturated carbocycles. The molecule has 1 aliphatic rings. The number of nitrogens with one attached hydrogen (secondary N) is 3. The molecule has 0 spiro atoms. The Hall–Kier alpha value is -0.530. The van der Waals surface area contributed by atoms with Crippen molar-refractivity contribution in [3.8, 4) is 0 Å². The van der Waals surface area contributed by atoms with Crippen LogP contribution in [0.3, 0.4) is 0 Å². The van der Waals surface area contributed by atoms with E-state index in [1.807, 2.05) is 0 Å². The van der Waals surface area contributed by atoms with Crippen LogP contribution in [0.2, 0.25) is 0 Å². The van der Waals surface area contributed by atoms with Crippen molar-refractivity contribution in [3.05, 3.63) is 0 Å². The predicted octanol–water partition coefficient (Wildman–Crippen LogP) is 1.09. The lowest BCUT2D eigenvalue weighted by Crippen LogP contribution is -2.49. The highest BCUT2D eigenvalue weighted by molar-refractivity contribution is 14.0. The molecule has 0 aliphatic heterocycles. The maximum Gasteiger partial charge on any atom is 0.223 e. The van der Waals surface area contributed by atoms with Crippen LogP contribution in [0.4, 0.5) is 0 Å². The van der Waals surface area contributed by atoms with E-state index in [2.05, 4.69) is 41.7 Å². The van der Waals surface area contributed by atoms with E-state index in [0.717, 1.165) is 18.8 Å². The number of hydrogen-bond donors (Lipinski definition) is 3. The third-order valence-corrected chi connectivity index (χ3v) is 2.38. The Kier molecular flexibility index (Phi) is 7.58. The van der Waals surface area contributed by atoms with Gasteiger partial charge in [-0.15, -0.1) is 24.0 Å². The summed E-state index contributed by atoms with van der Waals surface area (Å²) in [6.45, 7) is 7.56. The van der Waals surface area contributed by atoms with Gasteiger partial charge in [0.2, 0.25) is 5.91 Å². The van der Waals surface area contributed by atoms with Gasteiger partial charge in [-0.1, -0.05) is 0 Å². The minimum Gasteiger partial charge on any atom is -0.355 e. The van der Waals surface area contributed by atoms with E-state index < -0.39 is 0 Å². The Morgan fingerprint density at radius 1 is 1.22 bits per heavy atom. The SMILES string of the molecule is CN=C(NCCNC(=O)C1CC1)NC(C)(C)C.I. The molecule has 0 aromatic heterocycles. The van der Waals surface area contributed by atoms with Gasteiger partial charge in [-0.3, -0.25) is 9.79 Å². The van der Waals surface area contributed by atoms with Crippen LogP contribution in [-0.2, 0) is 4.79 Å². The summed E-state index contributed by atoms with van der Waals surface area (Å²) in [7, 11) is 1.74. The molecule has 0 radical (unpaired) electrons. The third kappa shape index (κ3) is 7.73. The second-order valence-corrected chi connectivity index (χ2v) is 5.44. The Labute approximate surface area is 127 Å². The molecular formula is C12H25IN4O. The van der Waals surface area contributed by atoms with Crippen molar-refractivity contribution >= 4 is 35.8 Å². The molecule has 1 amide bonds. The highest BCUT2D eigenvalue weighted by atomic mass is 127. The van der Waals surface area contributed by atoms with E-state index in [0.29, 0.717) is 13.1 Å². The molecule has 0 saturated heterocycles. The Morgan fingerprint density at radius 2 is 1.78 bits per heavy atom. The van der Waals surface area contributed by atoms with E-state index in [1.165, 1.54) is 0 Å².